The Morgan fingerprint density at radius 1 is 1.30 bits per heavy atom. The number of carbonyl (C=O) groups excluding carboxylic acids is 1. The first-order chi connectivity index (χ1) is 14.5. The first kappa shape index (κ1) is 22.4. The van der Waals surface area contributed by atoms with Gasteiger partial charge in [0.1, 0.15) is 5.82 Å². The fraction of sp³-hybridized carbons (Fsp3) is 0.429. The molecule has 30 heavy (non-hydrogen) atoms. The summed E-state index contributed by atoms with van der Waals surface area (Å²) in [7, 11) is 0. The summed E-state index contributed by atoms with van der Waals surface area (Å²) < 4.78 is 1.81. The van der Waals surface area contributed by atoms with Crippen LogP contribution in [-0.2, 0) is 6.54 Å². The molecule has 160 valence electrons. The molecule has 0 fully saturated rings. The summed E-state index contributed by atoms with van der Waals surface area (Å²) in [5.41, 5.74) is 1.31. The summed E-state index contributed by atoms with van der Waals surface area (Å²) in [4.78, 5) is 21.7. The highest BCUT2D eigenvalue weighted by Crippen LogP contribution is 2.25. The summed E-state index contributed by atoms with van der Waals surface area (Å²) in [5.74, 6) is 2.10. The van der Waals surface area contributed by atoms with E-state index in [2.05, 4.69) is 41.5 Å². The van der Waals surface area contributed by atoms with Crippen molar-refractivity contribution in [2.24, 2.45) is 5.92 Å². The van der Waals surface area contributed by atoms with E-state index in [4.69, 9.17) is 16.6 Å². The lowest BCUT2D eigenvalue weighted by Gasteiger charge is -2.11. The Bertz CT molecular complexity index is 1010. The topological polar surface area (TPSA) is 84.7 Å². The van der Waals surface area contributed by atoms with Crippen LogP contribution in [-0.4, -0.2) is 44.5 Å². The van der Waals surface area contributed by atoms with Crippen molar-refractivity contribution in [1.29, 1.82) is 0 Å². The molecule has 0 aliphatic heterocycles. The van der Waals surface area contributed by atoms with E-state index in [1.54, 1.807) is 42.2 Å². The lowest BCUT2D eigenvalue weighted by molar-refractivity contribution is 0.0952. The van der Waals surface area contributed by atoms with E-state index in [1.165, 1.54) is 0 Å². The molecular formula is C21H27ClN6OS. The molecule has 1 amide bonds. The molecule has 0 saturated carbocycles. The average molecular weight is 447 g/mol. The number of rotatable bonds is 10. The SMILES string of the molecule is CCCSc1nc(NCC(C)C)c2cnn(CCNC(=O)c3cccc(Cl)c3)c2n1. The molecule has 0 aliphatic carbocycles. The second-order valence-corrected chi connectivity index (χ2v) is 8.85. The van der Waals surface area contributed by atoms with Crippen molar-refractivity contribution in [2.75, 3.05) is 24.2 Å². The maximum atomic E-state index is 12.3. The minimum Gasteiger partial charge on any atom is -0.369 e. The third kappa shape index (κ3) is 5.86. The molecule has 2 aromatic heterocycles. The van der Waals surface area contributed by atoms with Crippen molar-refractivity contribution in [1.82, 2.24) is 25.1 Å². The molecule has 0 aliphatic rings. The molecular weight excluding hydrogens is 420 g/mol. The van der Waals surface area contributed by atoms with Gasteiger partial charge in [0.05, 0.1) is 18.1 Å². The summed E-state index contributed by atoms with van der Waals surface area (Å²) in [6.07, 6.45) is 2.83. The van der Waals surface area contributed by atoms with Crippen molar-refractivity contribution >= 4 is 46.1 Å². The number of aromatic nitrogens is 4. The van der Waals surface area contributed by atoms with Gasteiger partial charge < -0.3 is 10.6 Å². The zero-order chi connectivity index (χ0) is 21.5. The van der Waals surface area contributed by atoms with E-state index in [9.17, 15) is 4.79 Å². The molecule has 9 heteroatoms. The minimum atomic E-state index is -0.165. The molecule has 1 aromatic carbocycles. The minimum absolute atomic E-state index is 0.165. The molecule has 3 rings (SSSR count). The molecule has 2 heterocycles. The van der Waals surface area contributed by atoms with E-state index in [0.29, 0.717) is 29.6 Å². The van der Waals surface area contributed by atoms with Crippen molar-refractivity contribution < 1.29 is 4.79 Å². The summed E-state index contributed by atoms with van der Waals surface area (Å²) in [6, 6.07) is 6.89. The number of carbonyl (C=O) groups is 1. The van der Waals surface area contributed by atoms with Crippen LogP contribution in [0.1, 0.15) is 37.6 Å². The van der Waals surface area contributed by atoms with Crippen molar-refractivity contribution in [3.8, 4) is 0 Å². The first-order valence-corrected chi connectivity index (χ1v) is 11.5. The summed E-state index contributed by atoms with van der Waals surface area (Å²) in [6.45, 7) is 8.21. The third-order valence-corrected chi connectivity index (χ3v) is 5.57. The quantitative estimate of drug-likeness (QED) is 0.353. The highest BCUT2D eigenvalue weighted by molar-refractivity contribution is 7.99. The van der Waals surface area contributed by atoms with Gasteiger partial charge in [-0.15, -0.1) is 0 Å². The van der Waals surface area contributed by atoms with Crippen LogP contribution in [0.4, 0.5) is 5.82 Å². The predicted octanol–water partition coefficient (Wildman–Crippen LogP) is 4.48. The van der Waals surface area contributed by atoms with Gasteiger partial charge in [0.15, 0.2) is 10.8 Å². The number of benzene rings is 1. The van der Waals surface area contributed by atoms with E-state index in [1.807, 2.05) is 4.68 Å². The van der Waals surface area contributed by atoms with E-state index in [0.717, 1.165) is 40.7 Å². The van der Waals surface area contributed by atoms with Crippen LogP contribution in [0, 0.1) is 5.92 Å². The maximum absolute atomic E-state index is 12.3. The van der Waals surface area contributed by atoms with E-state index < -0.39 is 0 Å². The fourth-order valence-electron chi connectivity index (χ4n) is 2.80. The molecule has 0 radical (unpaired) electrons. The Kier molecular flexibility index (Phi) is 7.93. The molecule has 0 unspecified atom stereocenters. The summed E-state index contributed by atoms with van der Waals surface area (Å²) >= 11 is 7.60. The zero-order valence-corrected chi connectivity index (χ0v) is 19.1. The van der Waals surface area contributed by atoms with Crippen LogP contribution in [0.2, 0.25) is 5.02 Å². The second kappa shape index (κ2) is 10.6. The molecule has 2 N–H and O–H groups in total. The lowest BCUT2D eigenvalue weighted by atomic mass is 10.2. The predicted molar refractivity (Wildman–Crippen MR) is 123 cm³/mol. The number of thioether (sulfide) groups is 1. The van der Waals surface area contributed by atoms with Crippen molar-refractivity contribution in [3.63, 3.8) is 0 Å². The van der Waals surface area contributed by atoms with Gasteiger partial charge in [0.25, 0.3) is 5.91 Å². The maximum Gasteiger partial charge on any atom is 0.251 e. The Balaban J connectivity index is 1.74. The molecule has 3 aromatic rings. The van der Waals surface area contributed by atoms with Gasteiger partial charge >= 0.3 is 0 Å². The number of anilines is 1. The van der Waals surface area contributed by atoms with Crippen molar-refractivity contribution in [3.05, 3.63) is 41.0 Å². The van der Waals surface area contributed by atoms with Crippen LogP contribution in [0.5, 0.6) is 0 Å². The van der Waals surface area contributed by atoms with Gasteiger partial charge in [0, 0.05) is 29.4 Å². The number of halogens is 1. The van der Waals surface area contributed by atoms with Gasteiger partial charge in [-0.2, -0.15) is 5.10 Å². The Labute approximate surface area is 186 Å². The monoisotopic (exact) mass is 446 g/mol. The first-order valence-electron chi connectivity index (χ1n) is 10.1. The Hall–Kier alpha value is -2.32. The number of amides is 1. The number of nitrogens with one attached hydrogen (secondary N) is 2. The third-order valence-electron chi connectivity index (χ3n) is 4.28. The van der Waals surface area contributed by atoms with E-state index >= 15 is 0 Å². The lowest BCUT2D eigenvalue weighted by Crippen LogP contribution is -2.27. The summed E-state index contributed by atoms with van der Waals surface area (Å²) in [5, 5.41) is 13.0. The van der Waals surface area contributed by atoms with Crippen LogP contribution in [0.3, 0.4) is 0 Å². The van der Waals surface area contributed by atoms with Crippen molar-refractivity contribution in [2.45, 2.75) is 38.9 Å². The Morgan fingerprint density at radius 2 is 2.13 bits per heavy atom. The highest BCUT2D eigenvalue weighted by atomic mass is 35.5. The van der Waals surface area contributed by atoms with Crippen LogP contribution in [0.15, 0.2) is 35.6 Å². The standard InChI is InChI=1S/C21H27ClN6OS/c1-4-10-30-21-26-18(24-12-14(2)3)17-13-25-28(19(17)27-21)9-8-23-20(29)15-6-5-7-16(22)11-15/h5-7,11,13-14H,4,8-10,12H2,1-3H3,(H,23,29)(H,24,26,27). The number of hydrogen-bond donors (Lipinski definition) is 2. The van der Waals surface area contributed by atoms with Crippen LogP contribution < -0.4 is 10.6 Å². The van der Waals surface area contributed by atoms with Gasteiger partial charge in [-0.05, 0) is 30.5 Å². The number of fused-ring (bicyclic) bond motifs is 1. The van der Waals surface area contributed by atoms with Crippen LogP contribution >= 0.6 is 23.4 Å². The number of hydrogen-bond acceptors (Lipinski definition) is 6. The largest absolute Gasteiger partial charge is 0.369 e. The zero-order valence-electron chi connectivity index (χ0n) is 17.5. The molecule has 7 nitrogen and oxygen atoms in total. The second-order valence-electron chi connectivity index (χ2n) is 7.35. The van der Waals surface area contributed by atoms with Gasteiger partial charge in [-0.25, -0.2) is 14.6 Å². The van der Waals surface area contributed by atoms with Gasteiger partial charge in [0.2, 0.25) is 0 Å². The normalized spacial score (nSPS) is 11.2. The number of nitrogens with zero attached hydrogens (tertiary/aromatic N) is 4. The Morgan fingerprint density at radius 3 is 2.87 bits per heavy atom. The fourth-order valence-corrected chi connectivity index (χ4v) is 3.68. The highest BCUT2D eigenvalue weighted by Gasteiger charge is 2.14. The molecule has 0 bridgehead atoms. The van der Waals surface area contributed by atoms with E-state index in [-0.39, 0.29) is 5.91 Å². The molecule has 0 spiro atoms. The van der Waals surface area contributed by atoms with Gasteiger partial charge in [-0.1, -0.05) is 50.2 Å². The van der Waals surface area contributed by atoms with Crippen LogP contribution in [0.25, 0.3) is 11.0 Å². The van der Waals surface area contributed by atoms with Gasteiger partial charge in [-0.3, -0.25) is 4.79 Å². The molecule has 0 saturated heterocycles. The smallest absolute Gasteiger partial charge is 0.251 e. The molecule has 0 atom stereocenters. The average Bonchev–Trinajstić information content (AvgIpc) is 3.13.